The van der Waals surface area contributed by atoms with Gasteiger partial charge in [0.15, 0.2) is 6.29 Å². The summed E-state index contributed by atoms with van der Waals surface area (Å²) in [4.78, 5) is 0. The van der Waals surface area contributed by atoms with E-state index in [4.69, 9.17) is 10.2 Å². The van der Waals surface area contributed by atoms with Gasteiger partial charge in [-0.1, -0.05) is 0 Å². The average Bonchev–Trinajstić information content (AvgIpc) is 1.91. The van der Waals surface area contributed by atoms with Crippen LogP contribution in [0.25, 0.3) is 0 Å². The molecular weight excluding hydrogens is 96.0 g/mol. The van der Waals surface area contributed by atoms with Crippen molar-refractivity contribution in [2.45, 2.75) is 18.8 Å². The third kappa shape index (κ3) is 0.907. The molecule has 2 atom stereocenters. The molecule has 0 aliphatic carbocycles. The molecule has 3 heteroatoms. The Kier molecular flexibility index (Phi) is 1.27. The number of hydrogen-bond donors (Lipinski definition) is 2. The SMILES string of the molecule is O[C@@H]1OCC[C@@H]1O. The Labute approximate surface area is 41.5 Å². The van der Waals surface area contributed by atoms with E-state index < -0.39 is 12.4 Å². The summed E-state index contributed by atoms with van der Waals surface area (Å²) in [5, 5.41) is 17.1. The molecule has 0 aromatic rings. The van der Waals surface area contributed by atoms with E-state index in [0.29, 0.717) is 13.0 Å². The van der Waals surface area contributed by atoms with Crippen LogP contribution >= 0.6 is 0 Å². The van der Waals surface area contributed by atoms with Crippen LogP contribution in [0, 0.1) is 0 Å². The molecule has 0 spiro atoms. The molecule has 0 aromatic heterocycles. The van der Waals surface area contributed by atoms with Crippen LogP contribution in [-0.4, -0.2) is 29.2 Å². The Hall–Kier alpha value is -0.120. The zero-order valence-corrected chi connectivity index (χ0v) is 3.87. The second kappa shape index (κ2) is 1.78. The van der Waals surface area contributed by atoms with E-state index >= 15 is 0 Å². The highest BCUT2D eigenvalue weighted by molar-refractivity contribution is 4.63. The van der Waals surface area contributed by atoms with E-state index in [1.165, 1.54) is 0 Å². The predicted molar refractivity (Wildman–Crippen MR) is 22.6 cm³/mol. The lowest BCUT2D eigenvalue weighted by Crippen LogP contribution is -2.18. The Morgan fingerprint density at radius 3 is 2.29 bits per heavy atom. The quantitative estimate of drug-likeness (QED) is 0.418. The molecule has 1 aliphatic heterocycles. The Balaban J connectivity index is 2.33. The zero-order valence-electron chi connectivity index (χ0n) is 3.87. The zero-order chi connectivity index (χ0) is 5.28. The highest BCUT2D eigenvalue weighted by Crippen LogP contribution is 2.08. The van der Waals surface area contributed by atoms with E-state index in [0.717, 1.165) is 0 Å². The first-order chi connectivity index (χ1) is 3.30. The summed E-state index contributed by atoms with van der Waals surface area (Å²) < 4.78 is 4.57. The van der Waals surface area contributed by atoms with Crippen molar-refractivity contribution in [3.8, 4) is 0 Å². The van der Waals surface area contributed by atoms with Gasteiger partial charge in [-0.05, 0) is 0 Å². The van der Waals surface area contributed by atoms with Crippen LogP contribution in [0.15, 0.2) is 0 Å². The number of aliphatic hydroxyl groups is 2. The Morgan fingerprint density at radius 2 is 2.14 bits per heavy atom. The van der Waals surface area contributed by atoms with E-state index in [2.05, 4.69) is 4.74 Å². The van der Waals surface area contributed by atoms with Crippen molar-refractivity contribution in [1.29, 1.82) is 0 Å². The van der Waals surface area contributed by atoms with Gasteiger partial charge in [-0.15, -0.1) is 0 Å². The predicted octanol–water partition coefficient (Wildman–Crippen LogP) is -0.914. The molecule has 2 N–H and O–H groups in total. The third-order valence-corrected chi connectivity index (χ3v) is 1.03. The van der Waals surface area contributed by atoms with Crippen LogP contribution in [0.5, 0.6) is 0 Å². The summed E-state index contributed by atoms with van der Waals surface area (Å²) in [6.45, 7) is 0.475. The van der Waals surface area contributed by atoms with Gasteiger partial charge in [0.1, 0.15) is 6.10 Å². The van der Waals surface area contributed by atoms with Gasteiger partial charge in [0.2, 0.25) is 0 Å². The van der Waals surface area contributed by atoms with E-state index in [1.54, 1.807) is 0 Å². The first-order valence-electron chi connectivity index (χ1n) is 2.28. The molecule has 0 amide bonds. The monoisotopic (exact) mass is 104 g/mol. The molecule has 1 heterocycles. The fourth-order valence-electron chi connectivity index (χ4n) is 0.563. The van der Waals surface area contributed by atoms with Crippen molar-refractivity contribution in [3.63, 3.8) is 0 Å². The first kappa shape index (κ1) is 5.03. The molecule has 0 saturated carbocycles. The van der Waals surface area contributed by atoms with E-state index in [-0.39, 0.29) is 0 Å². The van der Waals surface area contributed by atoms with Gasteiger partial charge in [0.05, 0.1) is 6.61 Å². The van der Waals surface area contributed by atoms with E-state index in [1.807, 2.05) is 0 Å². The average molecular weight is 104 g/mol. The number of aliphatic hydroxyl groups excluding tert-OH is 2. The van der Waals surface area contributed by atoms with Crippen LogP contribution in [-0.2, 0) is 4.74 Å². The normalized spacial score (nSPS) is 42.0. The molecule has 1 saturated heterocycles. The maximum atomic E-state index is 8.62. The van der Waals surface area contributed by atoms with Gasteiger partial charge in [-0.25, -0.2) is 0 Å². The van der Waals surface area contributed by atoms with Crippen molar-refractivity contribution >= 4 is 0 Å². The molecule has 1 fully saturated rings. The smallest absolute Gasteiger partial charge is 0.180 e. The molecule has 1 rings (SSSR count). The molecule has 0 aromatic carbocycles. The molecule has 0 unspecified atom stereocenters. The lowest BCUT2D eigenvalue weighted by Gasteiger charge is -2.02. The second-order valence-electron chi connectivity index (χ2n) is 1.62. The highest BCUT2D eigenvalue weighted by Gasteiger charge is 2.22. The van der Waals surface area contributed by atoms with Crippen LogP contribution in [0.1, 0.15) is 6.42 Å². The fraction of sp³-hybridized carbons (Fsp3) is 1.00. The minimum Gasteiger partial charge on any atom is -0.388 e. The number of ether oxygens (including phenoxy) is 1. The third-order valence-electron chi connectivity index (χ3n) is 1.03. The number of rotatable bonds is 0. The molecule has 0 bridgehead atoms. The van der Waals surface area contributed by atoms with Gasteiger partial charge < -0.3 is 14.9 Å². The molecule has 0 radical (unpaired) electrons. The van der Waals surface area contributed by atoms with Crippen LogP contribution in [0.2, 0.25) is 0 Å². The maximum absolute atomic E-state index is 8.62. The molecule has 42 valence electrons. The van der Waals surface area contributed by atoms with Crippen molar-refractivity contribution in [2.24, 2.45) is 0 Å². The van der Waals surface area contributed by atoms with Crippen molar-refractivity contribution in [3.05, 3.63) is 0 Å². The van der Waals surface area contributed by atoms with Gasteiger partial charge in [0, 0.05) is 6.42 Å². The second-order valence-corrected chi connectivity index (χ2v) is 1.62. The van der Waals surface area contributed by atoms with Crippen LogP contribution in [0.3, 0.4) is 0 Å². The summed E-state index contributed by atoms with van der Waals surface area (Å²) >= 11 is 0. The van der Waals surface area contributed by atoms with Crippen LogP contribution in [0.4, 0.5) is 0 Å². The van der Waals surface area contributed by atoms with Crippen molar-refractivity contribution < 1.29 is 14.9 Å². The topological polar surface area (TPSA) is 49.7 Å². The summed E-state index contributed by atoms with van der Waals surface area (Å²) in [6.07, 6.45) is -1.03. The maximum Gasteiger partial charge on any atom is 0.180 e. The van der Waals surface area contributed by atoms with Gasteiger partial charge in [0.25, 0.3) is 0 Å². The molecule has 7 heavy (non-hydrogen) atoms. The lowest BCUT2D eigenvalue weighted by atomic mass is 10.3. The van der Waals surface area contributed by atoms with Gasteiger partial charge in [-0.3, -0.25) is 0 Å². The minimum atomic E-state index is -0.931. The number of hydrogen-bond acceptors (Lipinski definition) is 3. The largest absolute Gasteiger partial charge is 0.388 e. The van der Waals surface area contributed by atoms with Crippen molar-refractivity contribution in [1.82, 2.24) is 0 Å². The lowest BCUT2D eigenvalue weighted by molar-refractivity contribution is -0.107. The summed E-state index contributed by atoms with van der Waals surface area (Å²) in [5.74, 6) is 0. The molecule has 1 aliphatic rings. The molecular formula is C4H8O3. The van der Waals surface area contributed by atoms with E-state index in [9.17, 15) is 0 Å². The summed E-state index contributed by atoms with van der Waals surface area (Å²) in [6, 6.07) is 0. The van der Waals surface area contributed by atoms with Crippen molar-refractivity contribution in [2.75, 3.05) is 6.61 Å². The fourth-order valence-corrected chi connectivity index (χ4v) is 0.563. The minimum absolute atomic E-state index is 0.475. The summed E-state index contributed by atoms with van der Waals surface area (Å²) in [7, 11) is 0. The highest BCUT2D eigenvalue weighted by atomic mass is 16.6. The Morgan fingerprint density at radius 1 is 1.43 bits per heavy atom. The molecule has 3 nitrogen and oxygen atoms in total. The standard InChI is InChI=1S/C4H8O3/c5-3-1-2-7-4(3)6/h3-6H,1-2H2/t3-,4+/m0/s1. The van der Waals surface area contributed by atoms with Gasteiger partial charge in [-0.2, -0.15) is 0 Å². The van der Waals surface area contributed by atoms with Crippen LogP contribution < -0.4 is 0 Å². The summed E-state index contributed by atoms with van der Waals surface area (Å²) in [5.41, 5.74) is 0. The first-order valence-corrected chi connectivity index (χ1v) is 2.28. The Bertz CT molecular complexity index is 56.0. The van der Waals surface area contributed by atoms with Gasteiger partial charge >= 0.3 is 0 Å².